The topological polar surface area (TPSA) is 111 Å². The first kappa shape index (κ1) is 19.3. The molecule has 0 aliphatic carbocycles. The second-order valence-corrected chi connectivity index (χ2v) is 6.78. The first-order valence-corrected chi connectivity index (χ1v) is 9.47. The van der Waals surface area contributed by atoms with Gasteiger partial charge in [0, 0.05) is 41.8 Å². The smallest absolute Gasteiger partial charge is 0.224 e. The molecule has 9 nitrogen and oxygen atoms in total. The Morgan fingerprint density at radius 2 is 1.93 bits per heavy atom. The van der Waals surface area contributed by atoms with E-state index < -0.39 is 0 Å². The van der Waals surface area contributed by atoms with Gasteiger partial charge in [-0.1, -0.05) is 5.16 Å². The lowest BCUT2D eigenvalue weighted by molar-refractivity contribution is -0.116. The van der Waals surface area contributed by atoms with Gasteiger partial charge in [-0.2, -0.15) is 0 Å². The highest BCUT2D eigenvalue weighted by molar-refractivity contribution is 5.91. The van der Waals surface area contributed by atoms with Crippen LogP contribution in [0, 0.1) is 13.8 Å². The molecule has 4 aromatic rings. The molecule has 1 amide bonds. The third kappa shape index (κ3) is 4.52. The minimum atomic E-state index is -0.0588. The summed E-state index contributed by atoms with van der Waals surface area (Å²) in [5.74, 6) is 2.07. The van der Waals surface area contributed by atoms with E-state index in [9.17, 15) is 4.79 Å². The molecule has 0 unspecified atom stereocenters. The van der Waals surface area contributed by atoms with Gasteiger partial charge in [0.25, 0.3) is 0 Å². The van der Waals surface area contributed by atoms with Gasteiger partial charge in [0.15, 0.2) is 0 Å². The zero-order valence-electron chi connectivity index (χ0n) is 16.7. The number of hydrogen-bond acceptors (Lipinski definition) is 7. The van der Waals surface area contributed by atoms with Gasteiger partial charge in [0.2, 0.25) is 5.91 Å². The quantitative estimate of drug-likeness (QED) is 0.485. The third-order valence-electron chi connectivity index (χ3n) is 4.65. The second-order valence-electron chi connectivity index (χ2n) is 6.78. The summed E-state index contributed by atoms with van der Waals surface area (Å²) in [4.78, 5) is 24.7. The predicted molar refractivity (Wildman–Crippen MR) is 112 cm³/mol. The lowest BCUT2D eigenvalue weighted by Crippen LogP contribution is -2.12. The summed E-state index contributed by atoms with van der Waals surface area (Å²) < 4.78 is 6.93. The Morgan fingerprint density at radius 1 is 1.13 bits per heavy atom. The molecule has 0 saturated heterocycles. The van der Waals surface area contributed by atoms with E-state index in [4.69, 9.17) is 4.52 Å². The van der Waals surface area contributed by atoms with E-state index in [2.05, 4.69) is 30.7 Å². The highest BCUT2D eigenvalue weighted by Crippen LogP contribution is 2.19. The van der Waals surface area contributed by atoms with Crippen LogP contribution in [0.4, 0.5) is 17.2 Å². The van der Waals surface area contributed by atoms with E-state index in [1.807, 2.05) is 50.4 Å². The van der Waals surface area contributed by atoms with E-state index >= 15 is 0 Å². The summed E-state index contributed by atoms with van der Waals surface area (Å²) in [6, 6.07) is 9.26. The number of anilines is 3. The Morgan fingerprint density at radius 3 is 2.63 bits per heavy atom. The zero-order chi connectivity index (χ0) is 20.9. The summed E-state index contributed by atoms with van der Waals surface area (Å²) in [7, 11) is 0. The molecule has 0 aliphatic rings. The number of carbonyl (C=O) groups excluding carboxylic acids is 1. The van der Waals surface area contributed by atoms with Crippen LogP contribution in [0.25, 0.3) is 5.82 Å². The number of rotatable bonds is 7. The minimum Gasteiger partial charge on any atom is -0.361 e. The van der Waals surface area contributed by atoms with Crippen LogP contribution in [0.15, 0.2) is 59.9 Å². The normalized spacial score (nSPS) is 10.7. The molecule has 30 heavy (non-hydrogen) atoms. The molecular formula is C21H21N7O2. The summed E-state index contributed by atoms with van der Waals surface area (Å²) >= 11 is 0. The SMILES string of the molecule is Cc1noc(C)c1CCC(=O)Nc1ccc(Nc2cc(-n3ccnc3)ncn2)cc1. The van der Waals surface area contributed by atoms with Crippen molar-refractivity contribution in [2.45, 2.75) is 26.7 Å². The fourth-order valence-electron chi connectivity index (χ4n) is 3.06. The Kier molecular flexibility index (Phi) is 5.51. The maximum Gasteiger partial charge on any atom is 0.224 e. The average Bonchev–Trinajstić information content (AvgIpc) is 3.39. The number of nitrogens with zero attached hydrogens (tertiary/aromatic N) is 5. The van der Waals surface area contributed by atoms with Crippen LogP contribution in [-0.4, -0.2) is 30.6 Å². The Balaban J connectivity index is 1.34. The van der Waals surface area contributed by atoms with Gasteiger partial charge in [-0.15, -0.1) is 0 Å². The summed E-state index contributed by atoms with van der Waals surface area (Å²) in [5.41, 5.74) is 3.39. The van der Waals surface area contributed by atoms with Crippen LogP contribution in [0.2, 0.25) is 0 Å². The number of hydrogen-bond donors (Lipinski definition) is 2. The molecular weight excluding hydrogens is 382 g/mol. The van der Waals surface area contributed by atoms with Crippen LogP contribution in [0.1, 0.15) is 23.4 Å². The van der Waals surface area contributed by atoms with Crippen LogP contribution in [0.5, 0.6) is 0 Å². The summed E-state index contributed by atoms with van der Waals surface area (Å²) in [5, 5.41) is 10.1. The van der Waals surface area contributed by atoms with Crippen molar-refractivity contribution in [2.24, 2.45) is 0 Å². The number of aromatic nitrogens is 5. The summed E-state index contributed by atoms with van der Waals surface area (Å²) in [6.45, 7) is 3.74. The minimum absolute atomic E-state index is 0.0588. The van der Waals surface area contributed by atoms with E-state index in [1.165, 1.54) is 6.33 Å². The summed E-state index contributed by atoms with van der Waals surface area (Å²) in [6.07, 6.45) is 7.63. The van der Waals surface area contributed by atoms with Crippen molar-refractivity contribution in [1.82, 2.24) is 24.7 Å². The van der Waals surface area contributed by atoms with Gasteiger partial charge in [-0.05, 0) is 44.5 Å². The fraction of sp³-hybridized carbons (Fsp3) is 0.190. The number of aryl methyl sites for hydroxylation is 2. The van der Waals surface area contributed by atoms with Crippen LogP contribution < -0.4 is 10.6 Å². The van der Waals surface area contributed by atoms with Gasteiger partial charge in [-0.3, -0.25) is 9.36 Å². The second kappa shape index (κ2) is 8.56. The van der Waals surface area contributed by atoms with Crippen molar-refractivity contribution in [2.75, 3.05) is 10.6 Å². The number of imidazole rings is 1. The highest BCUT2D eigenvalue weighted by atomic mass is 16.5. The van der Waals surface area contributed by atoms with Crippen LogP contribution in [-0.2, 0) is 11.2 Å². The van der Waals surface area contributed by atoms with Gasteiger partial charge < -0.3 is 15.2 Å². The third-order valence-corrected chi connectivity index (χ3v) is 4.65. The molecule has 0 spiro atoms. The molecule has 0 bridgehead atoms. The lowest BCUT2D eigenvalue weighted by atomic mass is 10.1. The van der Waals surface area contributed by atoms with E-state index in [-0.39, 0.29) is 5.91 Å². The molecule has 0 atom stereocenters. The number of nitrogens with one attached hydrogen (secondary N) is 2. The molecule has 2 N–H and O–H groups in total. The van der Waals surface area contributed by atoms with Gasteiger partial charge in [0.1, 0.15) is 30.1 Å². The largest absolute Gasteiger partial charge is 0.361 e. The molecule has 0 fully saturated rings. The first-order chi connectivity index (χ1) is 14.6. The van der Waals surface area contributed by atoms with Crippen molar-refractivity contribution in [3.63, 3.8) is 0 Å². The first-order valence-electron chi connectivity index (χ1n) is 9.47. The average molecular weight is 403 g/mol. The maximum atomic E-state index is 12.3. The van der Waals surface area contributed by atoms with Crippen molar-refractivity contribution in [3.8, 4) is 5.82 Å². The van der Waals surface area contributed by atoms with Gasteiger partial charge in [-0.25, -0.2) is 15.0 Å². The molecule has 0 aliphatic heterocycles. The van der Waals surface area contributed by atoms with Crippen molar-refractivity contribution in [1.29, 1.82) is 0 Å². The van der Waals surface area contributed by atoms with E-state index in [1.54, 1.807) is 17.1 Å². The molecule has 0 radical (unpaired) electrons. The molecule has 3 aromatic heterocycles. The monoisotopic (exact) mass is 403 g/mol. The molecule has 152 valence electrons. The van der Waals surface area contributed by atoms with Crippen LogP contribution >= 0.6 is 0 Å². The number of carbonyl (C=O) groups is 1. The Hall–Kier alpha value is -4.01. The number of amides is 1. The van der Waals surface area contributed by atoms with Crippen molar-refractivity contribution in [3.05, 3.63) is 72.4 Å². The predicted octanol–water partition coefficient (Wildman–Crippen LogP) is 3.58. The number of benzene rings is 1. The van der Waals surface area contributed by atoms with Crippen molar-refractivity contribution >= 4 is 23.1 Å². The van der Waals surface area contributed by atoms with Crippen LogP contribution in [0.3, 0.4) is 0 Å². The maximum absolute atomic E-state index is 12.3. The fourth-order valence-corrected chi connectivity index (χ4v) is 3.06. The van der Waals surface area contributed by atoms with E-state index in [0.717, 1.165) is 28.4 Å². The van der Waals surface area contributed by atoms with E-state index in [0.29, 0.717) is 24.5 Å². The Bertz CT molecular complexity index is 1120. The molecule has 0 saturated carbocycles. The molecule has 4 rings (SSSR count). The van der Waals surface area contributed by atoms with Gasteiger partial charge >= 0.3 is 0 Å². The lowest BCUT2D eigenvalue weighted by Gasteiger charge is -2.09. The standard InChI is InChI=1S/C21H21N7O2/c1-14-18(15(2)30-27-14)7-8-21(29)26-17-5-3-16(4-6-17)25-19-11-20(24-12-23-19)28-10-9-22-13-28/h3-6,9-13H,7-8H2,1-2H3,(H,26,29)(H,23,24,25). The molecule has 1 aromatic carbocycles. The molecule has 9 heteroatoms. The Labute approximate surface area is 173 Å². The zero-order valence-corrected chi connectivity index (χ0v) is 16.7. The molecule has 3 heterocycles. The van der Waals surface area contributed by atoms with Crippen molar-refractivity contribution < 1.29 is 9.32 Å². The highest BCUT2D eigenvalue weighted by Gasteiger charge is 2.11. The van der Waals surface area contributed by atoms with Gasteiger partial charge in [0.05, 0.1) is 5.69 Å².